The van der Waals surface area contributed by atoms with E-state index < -0.39 is 43.4 Å². The summed E-state index contributed by atoms with van der Waals surface area (Å²) in [5, 5.41) is 40.4. The Morgan fingerprint density at radius 2 is 0.847 bits per heavy atom. The zero-order valence-electron chi connectivity index (χ0n) is 45.6. The first-order valence-electron chi connectivity index (χ1n) is 29.0. The lowest BCUT2D eigenvalue weighted by Gasteiger charge is -2.39. The average Bonchev–Trinajstić information content (AvgIpc) is 3.38. The van der Waals surface area contributed by atoms with Crippen molar-refractivity contribution in [3.05, 3.63) is 109 Å². The van der Waals surface area contributed by atoms with Crippen molar-refractivity contribution in [2.24, 2.45) is 0 Å². The number of carbonyl (C=O) groups excluding carboxylic acids is 1. The minimum atomic E-state index is -1.55. The van der Waals surface area contributed by atoms with Gasteiger partial charge >= 0.3 is 5.97 Å². The van der Waals surface area contributed by atoms with E-state index in [-0.39, 0.29) is 25.6 Å². The van der Waals surface area contributed by atoms with E-state index in [4.69, 9.17) is 18.9 Å². The number of hydrogen-bond donors (Lipinski definition) is 4. The van der Waals surface area contributed by atoms with Crippen molar-refractivity contribution < 1.29 is 44.2 Å². The maximum absolute atomic E-state index is 12.9. The van der Waals surface area contributed by atoms with Crippen molar-refractivity contribution in [3.8, 4) is 0 Å². The van der Waals surface area contributed by atoms with Crippen LogP contribution in [-0.4, -0.2) is 89.6 Å². The summed E-state index contributed by atoms with van der Waals surface area (Å²) in [4.78, 5) is 12.9. The Morgan fingerprint density at radius 1 is 0.458 bits per heavy atom. The van der Waals surface area contributed by atoms with Gasteiger partial charge in [-0.15, -0.1) is 0 Å². The van der Waals surface area contributed by atoms with Crippen LogP contribution in [0.2, 0.25) is 0 Å². The highest BCUT2D eigenvalue weighted by Crippen LogP contribution is 2.23. The normalized spacial score (nSPS) is 19.6. The molecule has 1 aliphatic rings. The standard InChI is InChI=1S/C63H106O9/c1-3-5-7-9-11-13-15-17-19-21-23-25-27-28-29-31-33-35-37-39-41-43-45-47-49-51-53-69-55-57(56-70-63-62(68)61(67)60(66)58(54-64)72-63)71-59(65)52-50-48-46-44-42-40-38-36-34-32-30-26-24-22-20-18-16-14-12-10-8-6-4-2/h6,8,12,14-15,17-18,20-21,23-24,26,32,34,38,40,44,46,57-58,60-64,66-68H,3-5,7,9-11,13,16,19,22,25,27-31,33,35-37,39,41-43,45,47-56H2,1-2H3/b8-6-,14-12-,17-15-,20-18-,23-21-,26-24-,34-32-,40-38-,46-44-. The summed E-state index contributed by atoms with van der Waals surface area (Å²) in [7, 11) is 0. The van der Waals surface area contributed by atoms with E-state index in [1.165, 1.54) is 122 Å². The molecule has 0 bridgehead atoms. The minimum Gasteiger partial charge on any atom is -0.457 e. The van der Waals surface area contributed by atoms with Gasteiger partial charge in [0.2, 0.25) is 0 Å². The van der Waals surface area contributed by atoms with E-state index in [0.717, 1.165) is 70.6 Å². The Bertz CT molecular complexity index is 1470. The zero-order valence-corrected chi connectivity index (χ0v) is 45.6. The number of aliphatic hydroxyl groups excluding tert-OH is 4. The summed E-state index contributed by atoms with van der Waals surface area (Å²) in [6.07, 6.45) is 68.6. The van der Waals surface area contributed by atoms with Gasteiger partial charge in [-0.2, -0.15) is 0 Å². The van der Waals surface area contributed by atoms with Gasteiger partial charge in [-0.3, -0.25) is 4.79 Å². The number of aliphatic hydroxyl groups is 4. The second kappa shape index (κ2) is 52.7. The molecule has 6 unspecified atom stereocenters. The zero-order chi connectivity index (χ0) is 52.1. The van der Waals surface area contributed by atoms with Crippen LogP contribution in [0.5, 0.6) is 0 Å². The number of rotatable bonds is 49. The molecule has 0 amide bonds. The van der Waals surface area contributed by atoms with Gasteiger partial charge in [0.1, 0.15) is 30.5 Å². The summed E-state index contributed by atoms with van der Waals surface area (Å²) in [5.74, 6) is -0.372. The molecular formula is C63H106O9. The summed E-state index contributed by atoms with van der Waals surface area (Å²) in [6, 6.07) is 0. The van der Waals surface area contributed by atoms with E-state index >= 15 is 0 Å². The predicted octanol–water partition coefficient (Wildman–Crippen LogP) is 15.3. The summed E-state index contributed by atoms with van der Waals surface area (Å²) < 4.78 is 22.9. The van der Waals surface area contributed by atoms with Crippen LogP contribution in [0, 0.1) is 0 Å². The smallest absolute Gasteiger partial charge is 0.306 e. The lowest BCUT2D eigenvalue weighted by Crippen LogP contribution is -2.59. The fourth-order valence-corrected chi connectivity index (χ4v) is 8.22. The van der Waals surface area contributed by atoms with Gasteiger partial charge in [0.05, 0.1) is 19.8 Å². The second-order valence-corrected chi connectivity index (χ2v) is 19.4. The molecule has 0 radical (unpaired) electrons. The Morgan fingerprint density at radius 3 is 1.28 bits per heavy atom. The Kier molecular flexibility index (Phi) is 48.9. The van der Waals surface area contributed by atoms with Gasteiger partial charge in [0, 0.05) is 13.0 Å². The molecule has 0 spiro atoms. The minimum absolute atomic E-state index is 0.115. The van der Waals surface area contributed by atoms with Gasteiger partial charge in [0.15, 0.2) is 6.29 Å². The molecule has 1 aliphatic heterocycles. The molecule has 0 aromatic carbocycles. The molecule has 72 heavy (non-hydrogen) atoms. The molecule has 1 saturated heterocycles. The van der Waals surface area contributed by atoms with E-state index in [1.54, 1.807) is 0 Å². The van der Waals surface area contributed by atoms with Crippen LogP contribution >= 0.6 is 0 Å². The van der Waals surface area contributed by atoms with E-state index in [2.05, 4.69) is 123 Å². The largest absolute Gasteiger partial charge is 0.457 e. The summed E-state index contributed by atoms with van der Waals surface area (Å²) in [6.45, 7) is 4.37. The average molecular weight is 1010 g/mol. The highest BCUT2D eigenvalue weighted by Gasteiger charge is 2.44. The van der Waals surface area contributed by atoms with Crippen LogP contribution in [0.4, 0.5) is 0 Å². The van der Waals surface area contributed by atoms with Crippen LogP contribution in [0.1, 0.15) is 219 Å². The third kappa shape index (κ3) is 42.2. The van der Waals surface area contributed by atoms with Crippen LogP contribution in [0.15, 0.2) is 109 Å². The van der Waals surface area contributed by atoms with Gasteiger partial charge < -0.3 is 39.4 Å². The molecule has 0 aromatic heterocycles. The first-order chi connectivity index (χ1) is 35.4. The van der Waals surface area contributed by atoms with E-state index in [1.807, 2.05) is 0 Å². The highest BCUT2D eigenvalue weighted by molar-refractivity contribution is 5.69. The van der Waals surface area contributed by atoms with Crippen molar-refractivity contribution in [2.75, 3.05) is 26.4 Å². The van der Waals surface area contributed by atoms with Gasteiger partial charge in [-0.25, -0.2) is 0 Å². The third-order valence-electron chi connectivity index (χ3n) is 12.7. The SMILES string of the molecule is CC/C=C\C/C=C\C/C=C\C/C=C\C/C=C\C/C=C\C/C=C\CCCC(=O)OC(COCCCCCCCCCCCCCCCC/C=C\C/C=C\CCCCCCC)COC1OC(CO)C(O)C(O)C1O. The maximum atomic E-state index is 12.9. The second-order valence-electron chi connectivity index (χ2n) is 19.4. The molecule has 9 nitrogen and oxygen atoms in total. The number of hydrogen-bond acceptors (Lipinski definition) is 9. The van der Waals surface area contributed by atoms with Crippen molar-refractivity contribution >= 4 is 5.97 Å². The number of allylic oxidation sites excluding steroid dienone is 18. The van der Waals surface area contributed by atoms with Gasteiger partial charge in [0.25, 0.3) is 0 Å². The maximum Gasteiger partial charge on any atom is 0.306 e. The molecule has 1 heterocycles. The molecule has 0 saturated carbocycles. The van der Waals surface area contributed by atoms with Crippen LogP contribution < -0.4 is 0 Å². The summed E-state index contributed by atoms with van der Waals surface area (Å²) >= 11 is 0. The monoisotopic (exact) mass is 1010 g/mol. The van der Waals surface area contributed by atoms with Crippen molar-refractivity contribution in [1.29, 1.82) is 0 Å². The lowest BCUT2D eigenvalue weighted by molar-refractivity contribution is -0.305. The number of unbranched alkanes of at least 4 members (excludes halogenated alkanes) is 20. The number of esters is 1. The van der Waals surface area contributed by atoms with Crippen LogP contribution in [0.25, 0.3) is 0 Å². The van der Waals surface area contributed by atoms with Crippen molar-refractivity contribution in [1.82, 2.24) is 0 Å². The molecule has 4 N–H and O–H groups in total. The molecule has 412 valence electrons. The van der Waals surface area contributed by atoms with Crippen molar-refractivity contribution in [2.45, 2.75) is 256 Å². The fraction of sp³-hybridized carbons (Fsp3) is 0.698. The molecule has 1 fully saturated rings. The lowest BCUT2D eigenvalue weighted by atomic mass is 9.99. The van der Waals surface area contributed by atoms with E-state index in [9.17, 15) is 25.2 Å². The first-order valence-corrected chi connectivity index (χ1v) is 29.0. The summed E-state index contributed by atoms with van der Waals surface area (Å²) in [5.41, 5.74) is 0. The van der Waals surface area contributed by atoms with Gasteiger partial charge in [-0.1, -0.05) is 226 Å². The molecule has 1 rings (SSSR count). The van der Waals surface area contributed by atoms with Crippen LogP contribution in [0.3, 0.4) is 0 Å². The molecular weight excluding hydrogens is 901 g/mol. The predicted molar refractivity (Wildman–Crippen MR) is 302 cm³/mol. The van der Waals surface area contributed by atoms with Crippen molar-refractivity contribution in [3.63, 3.8) is 0 Å². The number of carbonyl (C=O) groups is 1. The fourth-order valence-electron chi connectivity index (χ4n) is 8.22. The van der Waals surface area contributed by atoms with E-state index in [0.29, 0.717) is 13.0 Å². The quantitative estimate of drug-likeness (QED) is 0.0267. The third-order valence-corrected chi connectivity index (χ3v) is 12.7. The highest BCUT2D eigenvalue weighted by atomic mass is 16.7. The van der Waals surface area contributed by atoms with Gasteiger partial charge in [-0.05, 0) is 96.3 Å². The molecule has 9 heteroatoms. The topological polar surface area (TPSA) is 135 Å². The molecule has 0 aromatic rings. The Balaban J connectivity index is 2.21. The number of ether oxygens (including phenoxy) is 4. The Hall–Kier alpha value is -3.15. The Labute approximate surface area is 440 Å². The first kappa shape index (κ1) is 66.9. The molecule has 0 aliphatic carbocycles. The molecule has 6 atom stereocenters. The van der Waals surface area contributed by atoms with Crippen LogP contribution in [-0.2, 0) is 23.7 Å².